The van der Waals surface area contributed by atoms with Gasteiger partial charge in [0, 0.05) is 16.1 Å². The van der Waals surface area contributed by atoms with Gasteiger partial charge in [-0.3, -0.25) is 0 Å². The molecule has 0 spiro atoms. The SMILES string of the molecule is Cc1cc(C)c(COc2cc(Br)ccc2[C@H](C)N)c(C)c1. The number of benzene rings is 2. The van der Waals surface area contributed by atoms with E-state index < -0.39 is 0 Å². The average molecular weight is 348 g/mol. The Hall–Kier alpha value is -1.32. The molecule has 0 aliphatic heterocycles. The van der Waals surface area contributed by atoms with E-state index in [0.717, 1.165) is 15.8 Å². The number of hydrogen-bond donors (Lipinski definition) is 1. The maximum atomic E-state index is 6.06. The molecule has 21 heavy (non-hydrogen) atoms. The molecular weight excluding hydrogens is 326 g/mol. The minimum atomic E-state index is -0.0479. The number of halogens is 1. The largest absolute Gasteiger partial charge is 0.489 e. The maximum absolute atomic E-state index is 6.06. The molecule has 2 rings (SSSR count). The quantitative estimate of drug-likeness (QED) is 0.846. The lowest BCUT2D eigenvalue weighted by Crippen LogP contribution is -2.09. The van der Waals surface area contributed by atoms with E-state index in [0.29, 0.717) is 6.61 Å². The summed E-state index contributed by atoms with van der Waals surface area (Å²) < 4.78 is 7.06. The van der Waals surface area contributed by atoms with Crippen LogP contribution in [0.1, 0.15) is 40.8 Å². The van der Waals surface area contributed by atoms with Gasteiger partial charge in [-0.1, -0.05) is 39.7 Å². The lowest BCUT2D eigenvalue weighted by Gasteiger charge is -2.17. The molecule has 0 fully saturated rings. The molecule has 2 aromatic carbocycles. The molecule has 0 bridgehead atoms. The molecular formula is C18H22BrNO. The van der Waals surface area contributed by atoms with E-state index in [9.17, 15) is 0 Å². The van der Waals surface area contributed by atoms with Crippen LogP contribution in [-0.4, -0.2) is 0 Å². The average Bonchev–Trinajstić information content (AvgIpc) is 2.37. The van der Waals surface area contributed by atoms with Crippen molar-refractivity contribution < 1.29 is 4.74 Å². The second-order valence-corrected chi connectivity index (χ2v) is 6.55. The molecule has 2 N–H and O–H groups in total. The Labute approximate surface area is 135 Å². The monoisotopic (exact) mass is 347 g/mol. The molecule has 3 heteroatoms. The van der Waals surface area contributed by atoms with Crippen molar-refractivity contribution in [1.29, 1.82) is 0 Å². The normalized spacial score (nSPS) is 12.3. The van der Waals surface area contributed by atoms with Crippen molar-refractivity contribution in [3.8, 4) is 5.75 Å². The molecule has 2 nitrogen and oxygen atoms in total. The van der Waals surface area contributed by atoms with E-state index in [2.05, 4.69) is 48.8 Å². The molecule has 0 heterocycles. The summed E-state index contributed by atoms with van der Waals surface area (Å²) in [6, 6.07) is 10.3. The number of aryl methyl sites for hydroxylation is 3. The topological polar surface area (TPSA) is 35.2 Å². The highest BCUT2D eigenvalue weighted by atomic mass is 79.9. The third kappa shape index (κ3) is 3.86. The second-order valence-electron chi connectivity index (χ2n) is 5.64. The predicted molar refractivity (Wildman–Crippen MR) is 91.7 cm³/mol. The molecule has 0 unspecified atom stereocenters. The van der Waals surface area contributed by atoms with Crippen LogP contribution in [0.5, 0.6) is 5.75 Å². The van der Waals surface area contributed by atoms with Gasteiger partial charge in [-0.05, 0) is 56.5 Å². The Morgan fingerprint density at radius 3 is 2.29 bits per heavy atom. The van der Waals surface area contributed by atoms with E-state index in [1.54, 1.807) is 0 Å². The van der Waals surface area contributed by atoms with Crippen LogP contribution in [0.25, 0.3) is 0 Å². The minimum absolute atomic E-state index is 0.0479. The fourth-order valence-electron chi connectivity index (χ4n) is 2.60. The zero-order chi connectivity index (χ0) is 15.6. The molecule has 0 saturated carbocycles. The van der Waals surface area contributed by atoms with Crippen molar-refractivity contribution in [2.24, 2.45) is 5.73 Å². The smallest absolute Gasteiger partial charge is 0.125 e. The first-order valence-corrected chi connectivity index (χ1v) is 7.92. The van der Waals surface area contributed by atoms with Crippen LogP contribution in [-0.2, 0) is 6.61 Å². The van der Waals surface area contributed by atoms with Gasteiger partial charge in [-0.25, -0.2) is 0 Å². The van der Waals surface area contributed by atoms with Crippen molar-refractivity contribution in [3.63, 3.8) is 0 Å². The summed E-state index contributed by atoms with van der Waals surface area (Å²) >= 11 is 3.49. The van der Waals surface area contributed by atoms with Gasteiger partial charge >= 0.3 is 0 Å². The van der Waals surface area contributed by atoms with Crippen molar-refractivity contribution in [1.82, 2.24) is 0 Å². The third-order valence-electron chi connectivity index (χ3n) is 3.68. The highest BCUT2D eigenvalue weighted by molar-refractivity contribution is 9.10. The molecule has 0 amide bonds. The standard InChI is InChI=1S/C18H22BrNO/c1-11-7-12(2)17(13(3)8-11)10-21-18-9-15(19)5-6-16(18)14(4)20/h5-9,14H,10,20H2,1-4H3/t14-/m0/s1. The Morgan fingerprint density at radius 1 is 1.10 bits per heavy atom. The molecule has 112 valence electrons. The van der Waals surface area contributed by atoms with Crippen molar-refractivity contribution in [2.45, 2.75) is 40.3 Å². The summed E-state index contributed by atoms with van der Waals surface area (Å²) in [4.78, 5) is 0. The number of ether oxygens (including phenoxy) is 1. The van der Waals surface area contributed by atoms with Crippen LogP contribution in [0.2, 0.25) is 0 Å². The van der Waals surface area contributed by atoms with Crippen LogP contribution in [0.15, 0.2) is 34.8 Å². The predicted octanol–water partition coefficient (Wildman–Crippen LogP) is 4.97. The lowest BCUT2D eigenvalue weighted by atomic mass is 10.0. The highest BCUT2D eigenvalue weighted by Gasteiger charge is 2.11. The number of rotatable bonds is 4. The molecule has 2 aromatic rings. The Kier molecular flexibility index (Phi) is 5.07. The summed E-state index contributed by atoms with van der Waals surface area (Å²) in [6.45, 7) is 8.91. The highest BCUT2D eigenvalue weighted by Crippen LogP contribution is 2.29. The minimum Gasteiger partial charge on any atom is -0.489 e. The Morgan fingerprint density at radius 2 is 1.71 bits per heavy atom. The van der Waals surface area contributed by atoms with Crippen LogP contribution in [0, 0.1) is 20.8 Å². The van der Waals surface area contributed by atoms with Crippen LogP contribution in [0.4, 0.5) is 0 Å². The fraction of sp³-hybridized carbons (Fsp3) is 0.333. The van der Waals surface area contributed by atoms with E-state index >= 15 is 0 Å². The summed E-state index contributed by atoms with van der Waals surface area (Å²) in [5.74, 6) is 0.846. The second kappa shape index (κ2) is 6.63. The van der Waals surface area contributed by atoms with Crippen LogP contribution in [0.3, 0.4) is 0 Å². The molecule has 0 aromatic heterocycles. The van der Waals surface area contributed by atoms with Crippen molar-refractivity contribution in [3.05, 3.63) is 62.6 Å². The molecule has 0 saturated heterocycles. The summed E-state index contributed by atoms with van der Waals surface area (Å²) in [5, 5.41) is 0. The fourth-order valence-corrected chi connectivity index (χ4v) is 2.94. The summed E-state index contributed by atoms with van der Waals surface area (Å²) in [7, 11) is 0. The van der Waals surface area contributed by atoms with Crippen LogP contribution < -0.4 is 10.5 Å². The van der Waals surface area contributed by atoms with E-state index in [1.165, 1.54) is 22.3 Å². The summed E-state index contributed by atoms with van der Waals surface area (Å²) in [5.41, 5.74) is 12.1. The first kappa shape index (κ1) is 16.1. The molecule has 1 atom stereocenters. The maximum Gasteiger partial charge on any atom is 0.125 e. The van der Waals surface area contributed by atoms with Gasteiger partial charge in [0.25, 0.3) is 0 Å². The Balaban J connectivity index is 2.26. The van der Waals surface area contributed by atoms with Crippen molar-refractivity contribution in [2.75, 3.05) is 0 Å². The number of nitrogens with two attached hydrogens (primary N) is 1. The first-order chi connectivity index (χ1) is 9.88. The van der Waals surface area contributed by atoms with Gasteiger partial charge in [-0.15, -0.1) is 0 Å². The summed E-state index contributed by atoms with van der Waals surface area (Å²) in [6.07, 6.45) is 0. The van der Waals surface area contributed by atoms with Gasteiger partial charge in [0.15, 0.2) is 0 Å². The number of hydrogen-bond acceptors (Lipinski definition) is 2. The van der Waals surface area contributed by atoms with Gasteiger partial charge < -0.3 is 10.5 Å². The van der Waals surface area contributed by atoms with Crippen molar-refractivity contribution >= 4 is 15.9 Å². The van der Waals surface area contributed by atoms with E-state index in [1.807, 2.05) is 25.1 Å². The van der Waals surface area contributed by atoms with Gasteiger partial charge in [0.2, 0.25) is 0 Å². The van der Waals surface area contributed by atoms with Gasteiger partial charge in [0.1, 0.15) is 12.4 Å². The zero-order valence-corrected chi connectivity index (χ0v) is 14.6. The van der Waals surface area contributed by atoms with E-state index in [-0.39, 0.29) is 6.04 Å². The van der Waals surface area contributed by atoms with Gasteiger partial charge in [-0.2, -0.15) is 0 Å². The lowest BCUT2D eigenvalue weighted by molar-refractivity contribution is 0.299. The molecule has 0 radical (unpaired) electrons. The third-order valence-corrected chi connectivity index (χ3v) is 4.17. The van der Waals surface area contributed by atoms with E-state index in [4.69, 9.17) is 10.5 Å². The van der Waals surface area contributed by atoms with Crippen LogP contribution >= 0.6 is 15.9 Å². The first-order valence-electron chi connectivity index (χ1n) is 7.13. The molecule has 0 aliphatic rings. The Bertz CT molecular complexity index is 627. The zero-order valence-electron chi connectivity index (χ0n) is 13.0. The molecule has 0 aliphatic carbocycles. The van der Waals surface area contributed by atoms with Gasteiger partial charge in [0.05, 0.1) is 0 Å².